The van der Waals surface area contributed by atoms with Crippen molar-refractivity contribution in [2.24, 2.45) is 7.05 Å². The number of hydrogen-bond donors (Lipinski definition) is 2. The molecular formula is C23H19FN6O3. The molecule has 0 saturated heterocycles. The Morgan fingerprint density at radius 2 is 2.03 bits per heavy atom. The van der Waals surface area contributed by atoms with Gasteiger partial charge < -0.3 is 19.5 Å². The number of anilines is 2. The van der Waals surface area contributed by atoms with Gasteiger partial charge in [0.05, 0.1) is 30.0 Å². The number of aryl methyl sites for hydroxylation is 2. The molecule has 0 unspecified atom stereocenters. The molecule has 0 radical (unpaired) electrons. The second-order valence-corrected chi connectivity index (χ2v) is 7.39. The molecule has 9 nitrogen and oxygen atoms in total. The Balaban J connectivity index is 1.67. The van der Waals surface area contributed by atoms with Gasteiger partial charge in [-0.05, 0) is 18.2 Å². The van der Waals surface area contributed by atoms with E-state index in [9.17, 15) is 4.79 Å². The first-order valence-electron chi connectivity index (χ1n) is 10.0. The summed E-state index contributed by atoms with van der Waals surface area (Å²) in [4.78, 5) is 24.0. The van der Waals surface area contributed by atoms with Gasteiger partial charge in [-0.3, -0.25) is 4.68 Å². The molecule has 166 valence electrons. The van der Waals surface area contributed by atoms with Crippen molar-refractivity contribution in [2.45, 2.75) is 6.92 Å². The molecule has 33 heavy (non-hydrogen) atoms. The number of aromatic nitrogens is 5. The van der Waals surface area contributed by atoms with Crippen LogP contribution in [-0.4, -0.2) is 37.8 Å². The van der Waals surface area contributed by atoms with Crippen molar-refractivity contribution >= 4 is 28.5 Å². The number of nitrogens with zero attached hydrogens (tertiary/aromatic N) is 4. The summed E-state index contributed by atoms with van der Waals surface area (Å²) in [6, 6.07) is 8.47. The van der Waals surface area contributed by atoms with Crippen molar-refractivity contribution in [2.75, 3.05) is 12.4 Å². The molecule has 1 aromatic carbocycles. The minimum atomic E-state index is -0.547. The van der Waals surface area contributed by atoms with E-state index in [0.717, 1.165) is 0 Å². The number of esters is 1. The topological polar surface area (TPSA) is 111 Å². The number of pyridine rings is 1. The summed E-state index contributed by atoms with van der Waals surface area (Å²) in [5, 5.41) is 7.96. The number of fused-ring (bicyclic) bond motifs is 1. The zero-order chi connectivity index (χ0) is 23.1. The number of carbonyl (C=O) groups excluding carboxylic acids is 1. The molecule has 0 saturated carbocycles. The van der Waals surface area contributed by atoms with E-state index in [2.05, 4.69) is 25.4 Å². The quantitative estimate of drug-likeness (QED) is 0.380. The second kappa shape index (κ2) is 7.90. The van der Waals surface area contributed by atoms with Crippen LogP contribution in [0.4, 0.5) is 16.0 Å². The number of carbonyl (C=O) groups is 1. The molecule has 0 aliphatic heterocycles. The SMILES string of the molecule is COC(=O)c1cnc(Nc2ccn(C)n2)c2[nH]c(-c3cccc(-c4cnc(C)o4)c3F)cc12. The Bertz CT molecular complexity index is 1500. The van der Waals surface area contributed by atoms with Gasteiger partial charge in [-0.2, -0.15) is 5.10 Å². The van der Waals surface area contributed by atoms with Crippen LogP contribution < -0.4 is 5.32 Å². The Morgan fingerprint density at radius 1 is 1.21 bits per heavy atom. The monoisotopic (exact) mass is 446 g/mol. The smallest absolute Gasteiger partial charge is 0.340 e. The molecule has 0 atom stereocenters. The van der Waals surface area contributed by atoms with Crippen LogP contribution in [0.15, 0.2) is 53.3 Å². The number of halogens is 1. The summed E-state index contributed by atoms with van der Waals surface area (Å²) >= 11 is 0. The highest BCUT2D eigenvalue weighted by atomic mass is 19.1. The number of methoxy groups -OCH3 is 1. The van der Waals surface area contributed by atoms with E-state index in [4.69, 9.17) is 9.15 Å². The van der Waals surface area contributed by atoms with Crippen LogP contribution in [0.5, 0.6) is 0 Å². The van der Waals surface area contributed by atoms with Crippen molar-refractivity contribution in [1.82, 2.24) is 24.7 Å². The highest BCUT2D eigenvalue weighted by molar-refractivity contribution is 6.08. The molecule has 0 fully saturated rings. The number of ether oxygens (including phenoxy) is 1. The minimum absolute atomic E-state index is 0.254. The molecule has 0 bridgehead atoms. The zero-order valence-corrected chi connectivity index (χ0v) is 18.0. The van der Waals surface area contributed by atoms with E-state index >= 15 is 4.39 Å². The lowest BCUT2D eigenvalue weighted by Crippen LogP contribution is -2.04. The molecule has 5 aromatic rings. The average Bonchev–Trinajstić information content (AvgIpc) is 3.54. The molecule has 5 rings (SSSR count). The Kier molecular flexibility index (Phi) is 4.89. The molecule has 0 spiro atoms. The van der Waals surface area contributed by atoms with E-state index < -0.39 is 11.8 Å². The molecule has 0 amide bonds. The predicted octanol–water partition coefficient (Wildman–Crippen LogP) is 4.60. The summed E-state index contributed by atoms with van der Waals surface area (Å²) in [6.07, 6.45) is 4.69. The van der Waals surface area contributed by atoms with E-state index in [0.29, 0.717) is 45.4 Å². The van der Waals surface area contributed by atoms with Gasteiger partial charge in [0.15, 0.2) is 23.3 Å². The molecular weight excluding hydrogens is 427 g/mol. The third-order valence-electron chi connectivity index (χ3n) is 5.21. The van der Waals surface area contributed by atoms with Gasteiger partial charge in [-0.25, -0.2) is 19.2 Å². The fourth-order valence-corrected chi connectivity index (χ4v) is 3.65. The van der Waals surface area contributed by atoms with Gasteiger partial charge in [-0.15, -0.1) is 0 Å². The van der Waals surface area contributed by atoms with Gasteiger partial charge in [0.1, 0.15) is 5.82 Å². The second-order valence-electron chi connectivity index (χ2n) is 7.39. The molecule has 0 aliphatic rings. The van der Waals surface area contributed by atoms with Crippen molar-refractivity contribution in [1.29, 1.82) is 0 Å². The third-order valence-corrected chi connectivity index (χ3v) is 5.21. The van der Waals surface area contributed by atoms with E-state index in [-0.39, 0.29) is 11.1 Å². The zero-order valence-electron chi connectivity index (χ0n) is 18.0. The lowest BCUT2D eigenvalue weighted by Gasteiger charge is -2.07. The van der Waals surface area contributed by atoms with Crippen molar-refractivity contribution in [3.05, 3.63) is 66.2 Å². The van der Waals surface area contributed by atoms with E-state index in [1.54, 1.807) is 55.2 Å². The number of H-pyrrole nitrogens is 1. The predicted molar refractivity (Wildman–Crippen MR) is 120 cm³/mol. The first kappa shape index (κ1) is 20.4. The fraction of sp³-hybridized carbons (Fsp3) is 0.130. The maximum Gasteiger partial charge on any atom is 0.340 e. The number of aromatic amines is 1. The van der Waals surface area contributed by atoms with E-state index in [1.165, 1.54) is 19.5 Å². The van der Waals surface area contributed by atoms with Crippen LogP contribution in [0.2, 0.25) is 0 Å². The van der Waals surface area contributed by atoms with Crippen LogP contribution >= 0.6 is 0 Å². The van der Waals surface area contributed by atoms with Crippen LogP contribution in [0.25, 0.3) is 33.5 Å². The van der Waals surface area contributed by atoms with Crippen molar-refractivity contribution in [3.8, 4) is 22.6 Å². The lowest BCUT2D eigenvalue weighted by atomic mass is 10.0. The maximum atomic E-state index is 15.5. The minimum Gasteiger partial charge on any atom is -0.465 e. The number of oxazole rings is 1. The van der Waals surface area contributed by atoms with Gasteiger partial charge in [0.25, 0.3) is 0 Å². The van der Waals surface area contributed by atoms with Crippen LogP contribution in [-0.2, 0) is 11.8 Å². The number of hydrogen-bond acceptors (Lipinski definition) is 7. The summed E-state index contributed by atoms with van der Waals surface area (Å²) in [5.41, 5.74) is 1.81. The lowest BCUT2D eigenvalue weighted by molar-refractivity contribution is 0.0602. The molecule has 2 N–H and O–H groups in total. The number of rotatable bonds is 5. The molecule has 0 aliphatic carbocycles. The Labute approximate surface area is 187 Å². The van der Waals surface area contributed by atoms with Crippen molar-refractivity contribution in [3.63, 3.8) is 0 Å². The number of nitrogens with one attached hydrogen (secondary N) is 2. The fourth-order valence-electron chi connectivity index (χ4n) is 3.65. The van der Waals surface area contributed by atoms with Gasteiger partial charge in [-0.1, -0.05) is 6.07 Å². The summed E-state index contributed by atoms with van der Waals surface area (Å²) < 4.78 is 27.6. The van der Waals surface area contributed by atoms with Crippen LogP contribution in [0.1, 0.15) is 16.2 Å². The van der Waals surface area contributed by atoms with Gasteiger partial charge in [0.2, 0.25) is 0 Å². The molecule has 4 aromatic heterocycles. The molecule has 10 heteroatoms. The van der Waals surface area contributed by atoms with E-state index in [1.807, 2.05) is 0 Å². The highest BCUT2D eigenvalue weighted by Crippen LogP contribution is 2.35. The van der Waals surface area contributed by atoms with Gasteiger partial charge in [0, 0.05) is 49.1 Å². The third kappa shape index (κ3) is 3.61. The molecule has 4 heterocycles. The largest absolute Gasteiger partial charge is 0.465 e. The highest BCUT2D eigenvalue weighted by Gasteiger charge is 2.21. The normalized spacial score (nSPS) is 11.2. The Hall–Kier alpha value is -4.47. The van der Waals surface area contributed by atoms with Crippen LogP contribution in [0.3, 0.4) is 0 Å². The first-order valence-corrected chi connectivity index (χ1v) is 10.0. The van der Waals surface area contributed by atoms with Crippen molar-refractivity contribution < 1.29 is 18.3 Å². The summed E-state index contributed by atoms with van der Waals surface area (Å²) in [5.74, 6) is 0.754. The number of benzene rings is 1. The first-order chi connectivity index (χ1) is 15.9. The summed E-state index contributed by atoms with van der Waals surface area (Å²) in [7, 11) is 3.09. The Morgan fingerprint density at radius 3 is 2.73 bits per heavy atom. The summed E-state index contributed by atoms with van der Waals surface area (Å²) in [6.45, 7) is 1.69. The standard InChI is InChI=1S/C23H19FN6O3/c1-12-25-11-18(33-12)14-6-4-5-13(20(14)24)17-9-15-16(23(31)32-3)10-26-22(21(15)27-17)28-19-7-8-30(2)29-19/h4-11,27H,1-3H3,(H,26,28,29). The van der Waals surface area contributed by atoms with Crippen LogP contribution in [0, 0.1) is 12.7 Å². The van der Waals surface area contributed by atoms with Gasteiger partial charge >= 0.3 is 5.97 Å². The maximum absolute atomic E-state index is 15.5. The average molecular weight is 446 g/mol.